The van der Waals surface area contributed by atoms with Gasteiger partial charge in [0.15, 0.2) is 5.82 Å². The van der Waals surface area contributed by atoms with Crippen LogP contribution < -0.4 is 10.0 Å². The van der Waals surface area contributed by atoms with E-state index in [0.717, 1.165) is 23.2 Å². The molecule has 0 aliphatic carbocycles. The summed E-state index contributed by atoms with van der Waals surface area (Å²) in [6, 6.07) is 19.7. The van der Waals surface area contributed by atoms with Crippen molar-refractivity contribution in [2.24, 2.45) is 7.05 Å². The van der Waals surface area contributed by atoms with Crippen molar-refractivity contribution in [2.75, 3.05) is 11.0 Å². The predicted molar refractivity (Wildman–Crippen MR) is 190 cm³/mol. The van der Waals surface area contributed by atoms with Crippen LogP contribution in [-0.4, -0.2) is 45.4 Å². The monoisotopic (exact) mass is 714 g/mol. The van der Waals surface area contributed by atoms with Gasteiger partial charge in [-0.3, -0.25) is 14.2 Å². The SMILES string of the molecule is Cn1nc(NS(C)(=O)=O)c2c(Cl)ccc(-c3cc4ccccc4nc3[C@H](Cc3cc(F)cc(F)c3)NC(=O)Cc3c[nH]c4ccc(O)cc34)c21. The minimum absolute atomic E-state index is 0.0313. The summed E-state index contributed by atoms with van der Waals surface area (Å²) >= 11 is 6.64. The Kier molecular flexibility index (Phi) is 8.40. The number of fused-ring (bicyclic) bond motifs is 3. The van der Waals surface area contributed by atoms with Crippen molar-refractivity contribution in [3.05, 3.63) is 119 Å². The topological polar surface area (TPSA) is 142 Å². The molecule has 0 spiro atoms. The first-order chi connectivity index (χ1) is 23.8. The number of H-pyrrole nitrogens is 1. The zero-order chi connectivity index (χ0) is 35.3. The fourth-order valence-electron chi connectivity index (χ4n) is 6.37. The van der Waals surface area contributed by atoms with Crippen LogP contribution in [0.4, 0.5) is 14.6 Å². The quantitative estimate of drug-likeness (QED) is 0.128. The number of benzene rings is 4. The van der Waals surface area contributed by atoms with Crippen LogP contribution in [0, 0.1) is 11.6 Å². The fraction of sp³-hybridized carbons (Fsp3) is 0.139. The molecule has 50 heavy (non-hydrogen) atoms. The maximum absolute atomic E-state index is 14.5. The van der Waals surface area contributed by atoms with E-state index in [9.17, 15) is 27.1 Å². The van der Waals surface area contributed by atoms with Gasteiger partial charge in [0.2, 0.25) is 15.9 Å². The number of pyridine rings is 1. The Morgan fingerprint density at radius 3 is 2.54 bits per heavy atom. The van der Waals surface area contributed by atoms with Crippen molar-refractivity contribution in [1.29, 1.82) is 0 Å². The number of aryl methyl sites for hydroxylation is 1. The third-order valence-corrected chi connectivity index (χ3v) is 9.27. The number of phenolic OH excluding ortho intramolecular Hbond substituents is 1. The van der Waals surface area contributed by atoms with E-state index in [4.69, 9.17) is 16.6 Å². The average Bonchev–Trinajstić information content (AvgIpc) is 3.58. The number of hydrogen-bond acceptors (Lipinski definition) is 6. The molecule has 4 N–H and O–H groups in total. The Labute approximate surface area is 289 Å². The lowest BCUT2D eigenvalue weighted by Gasteiger charge is -2.23. The summed E-state index contributed by atoms with van der Waals surface area (Å²) in [5, 5.41) is 19.6. The molecule has 0 bridgehead atoms. The second-order valence-electron chi connectivity index (χ2n) is 12.1. The molecule has 3 aromatic heterocycles. The fourth-order valence-corrected chi connectivity index (χ4v) is 7.10. The molecule has 0 unspecified atom stereocenters. The third-order valence-electron chi connectivity index (χ3n) is 8.39. The molecule has 4 aromatic carbocycles. The van der Waals surface area contributed by atoms with E-state index in [1.807, 2.05) is 30.3 Å². The summed E-state index contributed by atoms with van der Waals surface area (Å²) in [4.78, 5) is 22.0. The number of nitrogens with zero attached hydrogens (tertiary/aromatic N) is 3. The molecule has 0 saturated carbocycles. The van der Waals surface area contributed by atoms with Crippen LogP contribution in [0.3, 0.4) is 0 Å². The Morgan fingerprint density at radius 1 is 1.02 bits per heavy atom. The number of aromatic nitrogens is 4. The lowest BCUT2D eigenvalue weighted by atomic mass is 9.92. The standard InChI is InChI=1S/C36H29ClF2N6O4S/c1-45-35-25(8-9-28(37)33(35)36(43-45)44-50(2,48)49)27-14-20-5-3-4-6-29(20)42-34(27)31(13-19-11-22(38)16-23(39)12-19)41-32(47)15-21-18-40-30-10-7-24(46)17-26(21)30/h3-12,14,16-18,31,40,46H,13,15H2,1-2H3,(H,41,47)(H,43,44)/t31-/m0/s1. The summed E-state index contributed by atoms with van der Waals surface area (Å²) in [6.45, 7) is 0. The zero-order valence-corrected chi connectivity index (χ0v) is 28.2. The Balaban J connectivity index is 1.40. The maximum atomic E-state index is 14.5. The molecule has 7 rings (SSSR count). The second-order valence-corrected chi connectivity index (χ2v) is 14.3. The first kappa shape index (κ1) is 33.0. The van der Waals surface area contributed by atoms with Crippen LogP contribution >= 0.6 is 11.6 Å². The van der Waals surface area contributed by atoms with Gasteiger partial charge in [0.1, 0.15) is 17.4 Å². The molecule has 10 nitrogen and oxygen atoms in total. The number of hydrogen-bond donors (Lipinski definition) is 4. The molecule has 0 aliphatic heterocycles. The van der Waals surface area contributed by atoms with Gasteiger partial charge in [-0.15, -0.1) is 0 Å². The number of carbonyl (C=O) groups is 1. The van der Waals surface area contributed by atoms with Crippen LogP contribution in [0.1, 0.15) is 22.9 Å². The van der Waals surface area contributed by atoms with Crippen molar-refractivity contribution in [3.63, 3.8) is 0 Å². The number of para-hydroxylation sites is 1. The predicted octanol–water partition coefficient (Wildman–Crippen LogP) is 6.92. The second kappa shape index (κ2) is 12.7. The van der Waals surface area contributed by atoms with Crippen molar-refractivity contribution in [1.82, 2.24) is 25.1 Å². The van der Waals surface area contributed by atoms with Crippen molar-refractivity contribution < 1.29 is 27.1 Å². The van der Waals surface area contributed by atoms with Crippen molar-refractivity contribution >= 4 is 66.1 Å². The first-order valence-electron chi connectivity index (χ1n) is 15.4. The molecular formula is C36H29ClF2N6O4S. The third kappa shape index (κ3) is 6.57. The summed E-state index contributed by atoms with van der Waals surface area (Å²) in [5.41, 5.74) is 4.27. The van der Waals surface area contributed by atoms with Crippen LogP contribution in [0.25, 0.3) is 43.8 Å². The molecule has 254 valence electrons. The molecule has 14 heteroatoms. The van der Waals surface area contributed by atoms with E-state index in [-0.39, 0.29) is 35.0 Å². The van der Waals surface area contributed by atoms with Gasteiger partial charge in [0, 0.05) is 46.7 Å². The first-order valence-corrected chi connectivity index (χ1v) is 17.7. The molecule has 1 amide bonds. The summed E-state index contributed by atoms with van der Waals surface area (Å²) in [7, 11) is -2.06. The van der Waals surface area contributed by atoms with E-state index in [1.165, 1.54) is 16.8 Å². The van der Waals surface area contributed by atoms with Crippen LogP contribution in [0.5, 0.6) is 5.75 Å². The number of rotatable bonds is 9. The Morgan fingerprint density at radius 2 is 1.78 bits per heavy atom. The molecule has 0 radical (unpaired) electrons. The van der Waals surface area contributed by atoms with Gasteiger partial charge in [0.05, 0.1) is 45.9 Å². The number of amides is 1. The minimum Gasteiger partial charge on any atom is -0.508 e. The smallest absolute Gasteiger partial charge is 0.231 e. The number of sulfonamides is 1. The van der Waals surface area contributed by atoms with Gasteiger partial charge in [-0.05, 0) is 66.1 Å². The largest absolute Gasteiger partial charge is 0.508 e. The highest BCUT2D eigenvalue weighted by Gasteiger charge is 2.26. The lowest BCUT2D eigenvalue weighted by Crippen LogP contribution is -2.32. The molecule has 0 saturated heterocycles. The van der Waals surface area contributed by atoms with Crippen LogP contribution in [0.15, 0.2) is 85.1 Å². The number of carbonyl (C=O) groups excluding carboxylic acids is 1. The summed E-state index contributed by atoms with van der Waals surface area (Å²) < 4.78 is 57.3. The minimum atomic E-state index is -3.71. The van der Waals surface area contributed by atoms with Crippen molar-refractivity contribution in [3.8, 4) is 16.9 Å². The molecule has 1 atom stereocenters. The van der Waals surface area contributed by atoms with Gasteiger partial charge in [0.25, 0.3) is 0 Å². The van der Waals surface area contributed by atoms with E-state index in [0.29, 0.717) is 44.2 Å². The van der Waals surface area contributed by atoms with Gasteiger partial charge in [-0.1, -0.05) is 35.9 Å². The number of phenols is 1. The molecular weight excluding hydrogens is 686 g/mol. The van der Waals surface area contributed by atoms with E-state index < -0.39 is 33.6 Å². The lowest BCUT2D eigenvalue weighted by molar-refractivity contribution is -0.121. The molecule has 0 aliphatic rings. The van der Waals surface area contributed by atoms with Gasteiger partial charge < -0.3 is 15.4 Å². The van der Waals surface area contributed by atoms with Crippen LogP contribution in [0.2, 0.25) is 5.02 Å². The van der Waals surface area contributed by atoms with Crippen LogP contribution in [-0.2, 0) is 34.7 Å². The summed E-state index contributed by atoms with van der Waals surface area (Å²) in [6.07, 6.45) is 2.59. The zero-order valence-electron chi connectivity index (χ0n) is 26.6. The highest BCUT2D eigenvalue weighted by Crippen LogP contribution is 2.41. The number of aromatic hydroxyl groups is 1. The number of nitrogens with one attached hydrogen (secondary N) is 3. The van der Waals surface area contributed by atoms with E-state index in [1.54, 1.807) is 43.6 Å². The van der Waals surface area contributed by atoms with Gasteiger partial charge in [-0.2, -0.15) is 5.10 Å². The number of halogens is 3. The van der Waals surface area contributed by atoms with Gasteiger partial charge >= 0.3 is 0 Å². The number of aromatic amines is 1. The van der Waals surface area contributed by atoms with Gasteiger partial charge in [-0.25, -0.2) is 22.2 Å². The van der Waals surface area contributed by atoms with Crippen molar-refractivity contribution in [2.45, 2.75) is 18.9 Å². The molecule has 3 heterocycles. The summed E-state index contributed by atoms with van der Waals surface area (Å²) in [5.74, 6) is -1.85. The highest BCUT2D eigenvalue weighted by atomic mass is 35.5. The average molecular weight is 715 g/mol. The Bertz CT molecular complexity index is 2570. The Hall–Kier alpha value is -5.53. The highest BCUT2D eigenvalue weighted by molar-refractivity contribution is 7.92. The van der Waals surface area contributed by atoms with E-state index >= 15 is 0 Å². The maximum Gasteiger partial charge on any atom is 0.231 e. The molecule has 7 aromatic rings. The normalized spacial score (nSPS) is 12.5. The molecule has 0 fully saturated rings. The van der Waals surface area contributed by atoms with E-state index in [2.05, 4.69) is 20.1 Å². The number of anilines is 1.